The number of aryl methyl sites for hydroxylation is 1. The molecular formula is C14H20N3O+. The molecule has 0 aliphatic heterocycles. The van der Waals surface area contributed by atoms with Gasteiger partial charge in [0.1, 0.15) is 0 Å². The number of carbonyl (C=O) groups excluding carboxylic acids is 1. The number of hydrogen-bond acceptors (Lipinski definition) is 2. The van der Waals surface area contributed by atoms with Crippen LogP contribution in [-0.4, -0.2) is 26.0 Å². The highest BCUT2D eigenvalue weighted by atomic mass is 16.2. The Bertz CT molecular complexity index is 433. The van der Waals surface area contributed by atoms with Crippen molar-refractivity contribution >= 4 is 11.6 Å². The van der Waals surface area contributed by atoms with E-state index in [0.717, 1.165) is 10.6 Å². The molecule has 18 heavy (non-hydrogen) atoms. The van der Waals surface area contributed by atoms with Crippen LogP contribution in [0.4, 0.5) is 5.69 Å². The molecular weight excluding hydrogens is 226 g/mol. The highest BCUT2D eigenvalue weighted by Crippen LogP contribution is 2.07. The van der Waals surface area contributed by atoms with Crippen molar-refractivity contribution in [2.24, 2.45) is 5.92 Å². The van der Waals surface area contributed by atoms with E-state index < -0.39 is 0 Å². The van der Waals surface area contributed by atoms with Gasteiger partial charge in [0.15, 0.2) is 6.54 Å². The molecule has 0 saturated heterocycles. The Balaban J connectivity index is 2.42. The third kappa shape index (κ3) is 4.98. The predicted molar refractivity (Wildman–Crippen MR) is 71.2 cm³/mol. The van der Waals surface area contributed by atoms with Gasteiger partial charge in [-0.25, -0.2) is 0 Å². The van der Waals surface area contributed by atoms with E-state index in [0.29, 0.717) is 13.1 Å². The van der Waals surface area contributed by atoms with Crippen LogP contribution in [0.25, 0.3) is 0 Å². The number of likely N-dealkylation sites (N-methyl/N-ethyl adjacent to an activating group) is 1. The summed E-state index contributed by atoms with van der Waals surface area (Å²) in [5, 5.41) is 11.6. The van der Waals surface area contributed by atoms with E-state index in [4.69, 9.17) is 5.26 Å². The first-order valence-electron chi connectivity index (χ1n) is 6.08. The first kappa shape index (κ1) is 14.2. The largest absolute Gasteiger partial charge is 0.329 e. The molecule has 0 fully saturated rings. The quantitative estimate of drug-likeness (QED) is 0.799. The van der Waals surface area contributed by atoms with Crippen LogP contribution in [0.2, 0.25) is 0 Å². The third-order valence-corrected chi connectivity index (χ3v) is 2.67. The molecule has 0 saturated carbocycles. The summed E-state index contributed by atoms with van der Waals surface area (Å²) in [5.74, 6) is -0.0568. The highest BCUT2D eigenvalue weighted by molar-refractivity contribution is 5.91. The Hall–Kier alpha value is -1.86. The number of nitrogens with one attached hydrogen (secondary N) is 2. The summed E-state index contributed by atoms with van der Waals surface area (Å²) < 4.78 is 0. The van der Waals surface area contributed by atoms with Gasteiger partial charge in [0.05, 0.1) is 25.6 Å². The third-order valence-electron chi connectivity index (χ3n) is 2.67. The summed E-state index contributed by atoms with van der Waals surface area (Å²) in [6, 6.07) is 9.88. The first-order valence-corrected chi connectivity index (χ1v) is 6.08. The van der Waals surface area contributed by atoms with Crippen molar-refractivity contribution in [3.05, 3.63) is 29.8 Å². The van der Waals surface area contributed by atoms with Crippen LogP contribution < -0.4 is 10.2 Å². The molecule has 1 aromatic rings. The van der Waals surface area contributed by atoms with Crippen molar-refractivity contribution in [3.63, 3.8) is 0 Å². The SMILES string of the molecule is Cc1ccc(NC(=O)C[NH+](C)C[C@H](C)C#N)cc1. The smallest absolute Gasteiger partial charge is 0.279 e. The minimum atomic E-state index is -0.0304. The number of rotatable bonds is 5. The molecule has 4 nitrogen and oxygen atoms in total. The van der Waals surface area contributed by atoms with Crippen LogP contribution in [0.5, 0.6) is 0 Å². The van der Waals surface area contributed by atoms with Crippen molar-refractivity contribution in [1.29, 1.82) is 5.26 Å². The standard InChI is InChI=1S/C14H19N3O/c1-11-4-6-13(7-5-11)16-14(18)10-17(3)9-12(2)8-15/h4-7,12H,9-10H2,1-3H3,(H,16,18)/p+1/t12-/m1/s1. The zero-order valence-electron chi connectivity index (χ0n) is 11.2. The lowest BCUT2D eigenvalue weighted by molar-refractivity contribution is -0.873. The molecule has 0 aliphatic carbocycles. The van der Waals surface area contributed by atoms with Gasteiger partial charge in [-0.15, -0.1) is 0 Å². The Labute approximate surface area is 108 Å². The second-order valence-electron chi connectivity index (χ2n) is 4.78. The maximum atomic E-state index is 11.8. The molecule has 0 radical (unpaired) electrons. The van der Waals surface area contributed by atoms with E-state index in [1.807, 2.05) is 45.2 Å². The maximum Gasteiger partial charge on any atom is 0.279 e. The van der Waals surface area contributed by atoms with Crippen molar-refractivity contribution in [2.75, 3.05) is 25.5 Å². The van der Waals surface area contributed by atoms with Crippen LogP contribution in [0.15, 0.2) is 24.3 Å². The molecule has 1 unspecified atom stereocenters. The molecule has 0 aliphatic rings. The molecule has 0 aromatic heterocycles. The van der Waals surface area contributed by atoms with Gasteiger partial charge in [0, 0.05) is 5.69 Å². The topological polar surface area (TPSA) is 57.3 Å². The van der Waals surface area contributed by atoms with E-state index in [9.17, 15) is 4.79 Å². The van der Waals surface area contributed by atoms with E-state index in [1.54, 1.807) is 0 Å². The summed E-state index contributed by atoms with van der Waals surface area (Å²) in [6.45, 7) is 4.92. The Morgan fingerprint density at radius 1 is 1.44 bits per heavy atom. The Kier molecular flexibility index (Phi) is 5.34. The molecule has 0 heterocycles. The molecule has 1 aromatic carbocycles. The van der Waals surface area contributed by atoms with Gasteiger partial charge >= 0.3 is 0 Å². The average Bonchev–Trinajstić information content (AvgIpc) is 2.31. The lowest BCUT2D eigenvalue weighted by atomic mass is 10.2. The molecule has 0 bridgehead atoms. The molecule has 96 valence electrons. The number of anilines is 1. The summed E-state index contributed by atoms with van der Waals surface area (Å²) in [5.41, 5.74) is 1.98. The fourth-order valence-corrected chi connectivity index (χ4v) is 1.76. The molecule has 1 amide bonds. The monoisotopic (exact) mass is 246 g/mol. The number of carbonyl (C=O) groups is 1. The van der Waals surface area contributed by atoms with Gasteiger partial charge in [-0.3, -0.25) is 4.79 Å². The van der Waals surface area contributed by atoms with Gasteiger partial charge in [0.2, 0.25) is 0 Å². The Morgan fingerprint density at radius 2 is 2.06 bits per heavy atom. The lowest BCUT2D eigenvalue weighted by Gasteiger charge is -2.14. The summed E-state index contributed by atoms with van der Waals surface area (Å²) in [7, 11) is 1.92. The van der Waals surface area contributed by atoms with E-state index in [1.165, 1.54) is 5.56 Å². The Morgan fingerprint density at radius 3 is 2.61 bits per heavy atom. The lowest BCUT2D eigenvalue weighted by Crippen LogP contribution is -3.10. The molecule has 2 N–H and O–H groups in total. The van der Waals surface area contributed by atoms with Crippen LogP contribution in [0.3, 0.4) is 0 Å². The van der Waals surface area contributed by atoms with E-state index in [2.05, 4.69) is 11.4 Å². The number of hydrogen-bond donors (Lipinski definition) is 2. The summed E-state index contributed by atoms with van der Waals surface area (Å²) >= 11 is 0. The zero-order chi connectivity index (χ0) is 13.5. The first-order chi connectivity index (χ1) is 8.51. The van der Waals surface area contributed by atoms with Gasteiger partial charge in [0.25, 0.3) is 5.91 Å². The average molecular weight is 246 g/mol. The number of quaternary nitrogens is 1. The highest BCUT2D eigenvalue weighted by Gasteiger charge is 2.13. The van der Waals surface area contributed by atoms with E-state index >= 15 is 0 Å². The molecule has 4 heteroatoms. The van der Waals surface area contributed by atoms with Gasteiger partial charge in [-0.2, -0.15) is 5.26 Å². The van der Waals surface area contributed by atoms with Gasteiger partial charge in [-0.05, 0) is 26.0 Å². The summed E-state index contributed by atoms with van der Waals surface area (Å²) in [4.78, 5) is 12.8. The zero-order valence-corrected chi connectivity index (χ0v) is 11.2. The minimum absolute atomic E-state index is 0.0264. The van der Waals surface area contributed by atoms with E-state index in [-0.39, 0.29) is 11.8 Å². The van der Waals surface area contributed by atoms with Crippen LogP contribution in [0, 0.1) is 24.2 Å². The summed E-state index contributed by atoms with van der Waals surface area (Å²) in [6.07, 6.45) is 0. The number of benzene rings is 1. The van der Waals surface area contributed by atoms with Crippen molar-refractivity contribution in [1.82, 2.24) is 0 Å². The van der Waals surface area contributed by atoms with Crippen LogP contribution in [0.1, 0.15) is 12.5 Å². The normalized spacial score (nSPS) is 13.4. The second-order valence-corrected chi connectivity index (χ2v) is 4.78. The number of nitrogens with zero attached hydrogens (tertiary/aromatic N) is 1. The van der Waals surface area contributed by atoms with Gasteiger partial charge in [-0.1, -0.05) is 17.7 Å². The van der Waals surface area contributed by atoms with Gasteiger partial charge < -0.3 is 10.2 Å². The fourth-order valence-electron chi connectivity index (χ4n) is 1.76. The van der Waals surface area contributed by atoms with Crippen molar-refractivity contribution in [2.45, 2.75) is 13.8 Å². The van der Waals surface area contributed by atoms with Crippen LogP contribution in [-0.2, 0) is 4.79 Å². The minimum Gasteiger partial charge on any atom is -0.329 e. The van der Waals surface area contributed by atoms with Crippen molar-refractivity contribution in [3.8, 4) is 6.07 Å². The predicted octanol–water partition coefficient (Wildman–Crippen LogP) is 0.608. The maximum absolute atomic E-state index is 11.8. The van der Waals surface area contributed by atoms with Crippen LogP contribution >= 0.6 is 0 Å². The van der Waals surface area contributed by atoms with Crippen molar-refractivity contribution < 1.29 is 9.69 Å². The fraction of sp³-hybridized carbons (Fsp3) is 0.429. The second kappa shape index (κ2) is 6.77. The molecule has 2 atom stereocenters. The molecule has 0 spiro atoms. The molecule has 1 rings (SSSR count). The number of nitriles is 1. The number of amides is 1.